The number of rotatable bonds is 4. The Balaban J connectivity index is 1.70. The lowest BCUT2D eigenvalue weighted by Crippen LogP contribution is -2.27. The average molecular weight is 397 g/mol. The highest BCUT2D eigenvalue weighted by Crippen LogP contribution is 2.23. The summed E-state index contributed by atoms with van der Waals surface area (Å²) in [5.74, 6) is 1.19. The number of nitrogens with one attached hydrogen (secondary N) is 2. The number of nitrogens with zero attached hydrogens (tertiary/aromatic N) is 5. The second-order valence-corrected chi connectivity index (χ2v) is 7.16. The fourth-order valence-electron chi connectivity index (χ4n) is 3.58. The Bertz CT molecular complexity index is 1420. The van der Waals surface area contributed by atoms with Crippen LogP contribution >= 0.6 is 0 Å². The number of para-hydroxylation sites is 1. The molecule has 0 aliphatic carbocycles. The third-order valence-electron chi connectivity index (χ3n) is 5.03. The monoisotopic (exact) mass is 397 g/mol. The van der Waals surface area contributed by atoms with E-state index in [9.17, 15) is 4.79 Å². The summed E-state index contributed by atoms with van der Waals surface area (Å²) in [7, 11) is 0. The zero-order valence-corrected chi connectivity index (χ0v) is 16.5. The number of anilines is 1. The van der Waals surface area contributed by atoms with Crippen molar-refractivity contribution < 1.29 is 0 Å². The van der Waals surface area contributed by atoms with Gasteiger partial charge < -0.3 is 10.3 Å². The zero-order chi connectivity index (χ0) is 20.7. The van der Waals surface area contributed by atoms with Crippen LogP contribution in [-0.4, -0.2) is 29.5 Å². The Morgan fingerprint density at radius 3 is 2.73 bits per heavy atom. The third kappa shape index (κ3) is 2.98. The van der Waals surface area contributed by atoms with Crippen molar-refractivity contribution in [3.05, 3.63) is 82.9 Å². The maximum atomic E-state index is 13.5. The van der Waals surface area contributed by atoms with Gasteiger partial charge in [-0.3, -0.25) is 9.36 Å². The topological polar surface area (TPSA) is 101 Å². The molecule has 3 aromatic heterocycles. The van der Waals surface area contributed by atoms with Gasteiger partial charge in [0.05, 0.1) is 29.0 Å². The van der Waals surface area contributed by atoms with E-state index in [1.807, 2.05) is 62.4 Å². The number of H-pyrrole nitrogens is 1. The second kappa shape index (κ2) is 7.07. The smallest absolute Gasteiger partial charge is 0.266 e. The van der Waals surface area contributed by atoms with Gasteiger partial charge in [-0.15, -0.1) is 0 Å². The predicted octanol–water partition coefficient (Wildman–Crippen LogP) is 3.53. The number of hydrogen-bond donors (Lipinski definition) is 2. The highest BCUT2D eigenvalue weighted by atomic mass is 16.1. The van der Waals surface area contributed by atoms with Gasteiger partial charge in [-0.2, -0.15) is 0 Å². The van der Waals surface area contributed by atoms with Crippen molar-refractivity contribution in [3.8, 4) is 5.69 Å². The first kappa shape index (κ1) is 18.0. The molecule has 0 spiro atoms. The zero-order valence-electron chi connectivity index (χ0n) is 16.5. The van der Waals surface area contributed by atoms with Gasteiger partial charge in [-0.1, -0.05) is 29.8 Å². The molecule has 8 heteroatoms. The molecule has 5 aromatic rings. The highest BCUT2D eigenvalue weighted by molar-refractivity contribution is 5.82. The van der Waals surface area contributed by atoms with E-state index in [0.717, 1.165) is 11.3 Å². The molecule has 0 aliphatic heterocycles. The van der Waals surface area contributed by atoms with Gasteiger partial charge in [0, 0.05) is 0 Å². The van der Waals surface area contributed by atoms with Gasteiger partial charge in [-0.05, 0) is 38.1 Å². The summed E-state index contributed by atoms with van der Waals surface area (Å²) >= 11 is 0. The maximum absolute atomic E-state index is 13.5. The molecule has 0 amide bonds. The van der Waals surface area contributed by atoms with Crippen LogP contribution in [0.4, 0.5) is 5.82 Å². The first-order valence-corrected chi connectivity index (χ1v) is 9.61. The number of hydrogen-bond acceptors (Lipinski definition) is 6. The molecule has 2 aromatic carbocycles. The summed E-state index contributed by atoms with van der Waals surface area (Å²) in [5.41, 5.74) is 3.61. The van der Waals surface area contributed by atoms with Crippen molar-refractivity contribution in [2.45, 2.75) is 19.9 Å². The van der Waals surface area contributed by atoms with E-state index in [1.54, 1.807) is 10.9 Å². The number of imidazole rings is 1. The first-order chi connectivity index (χ1) is 14.6. The number of aromatic nitrogens is 6. The average Bonchev–Trinajstić information content (AvgIpc) is 3.24. The Hall–Kier alpha value is -4.07. The maximum Gasteiger partial charge on any atom is 0.266 e. The van der Waals surface area contributed by atoms with Crippen molar-refractivity contribution in [2.24, 2.45) is 0 Å². The fourth-order valence-corrected chi connectivity index (χ4v) is 3.58. The lowest BCUT2D eigenvalue weighted by molar-refractivity contribution is 0.731. The SMILES string of the molecule is Cc1ccc2nc([C@H](C)Nc3ncnc4nc[nH]c34)n(-c3ccccc3)c(=O)c2c1. The molecule has 0 radical (unpaired) electrons. The van der Waals surface area contributed by atoms with Crippen LogP contribution in [0.3, 0.4) is 0 Å². The van der Waals surface area contributed by atoms with Crippen LogP contribution in [0, 0.1) is 6.92 Å². The summed E-state index contributed by atoms with van der Waals surface area (Å²) in [4.78, 5) is 34.0. The van der Waals surface area contributed by atoms with Crippen LogP contribution in [0.2, 0.25) is 0 Å². The number of aromatic amines is 1. The van der Waals surface area contributed by atoms with E-state index >= 15 is 0 Å². The summed E-state index contributed by atoms with van der Waals surface area (Å²) in [6.45, 7) is 3.92. The van der Waals surface area contributed by atoms with Crippen molar-refractivity contribution in [1.29, 1.82) is 0 Å². The molecule has 0 unspecified atom stereocenters. The van der Waals surface area contributed by atoms with Gasteiger partial charge in [0.1, 0.15) is 17.7 Å². The predicted molar refractivity (Wildman–Crippen MR) is 116 cm³/mol. The third-order valence-corrected chi connectivity index (χ3v) is 5.03. The fraction of sp³-hybridized carbons (Fsp3) is 0.136. The van der Waals surface area contributed by atoms with Gasteiger partial charge in [-0.25, -0.2) is 19.9 Å². The molecule has 2 N–H and O–H groups in total. The minimum atomic E-state index is -0.315. The van der Waals surface area contributed by atoms with Gasteiger partial charge in [0.25, 0.3) is 5.56 Å². The largest absolute Gasteiger partial charge is 0.358 e. The quantitative estimate of drug-likeness (QED) is 0.481. The molecule has 5 rings (SSSR count). The number of benzene rings is 2. The van der Waals surface area contributed by atoms with E-state index in [1.165, 1.54) is 6.33 Å². The molecule has 0 fully saturated rings. The molecular weight excluding hydrogens is 378 g/mol. The minimum Gasteiger partial charge on any atom is -0.358 e. The summed E-state index contributed by atoms with van der Waals surface area (Å²) in [6, 6.07) is 14.9. The Morgan fingerprint density at radius 1 is 1.07 bits per heavy atom. The van der Waals surface area contributed by atoms with Crippen molar-refractivity contribution >= 4 is 27.9 Å². The Labute approximate surface area is 171 Å². The first-order valence-electron chi connectivity index (χ1n) is 9.61. The molecule has 0 aliphatic rings. The second-order valence-electron chi connectivity index (χ2n) is 7.16. The van der Waals surface area contributed by atoms with Crippen LogP contribution in [0.25, 0.3) is 27.8 Å². The van der Waals surface area contributed by atoms with Gasteiger partial charge >= 0.3 is 0 Å². The molecule has 148 valence electrons. The number of fused-ring (bicyclic) bond motifs is 2. The van der Waals surface area contributed by atoms with Crippen molar-refractivity contribution in [1.82, 2.24) is 29.5 Å². The molecule has 1 atom stereocenters. The highest BCUT2D eigenvalue weighted by Gasteiger charge is 2.19. The number of aryl methyl sites for hydroxylation is 1. The Morgan fingerprint density at radius 2 is 1.90 bits per heavy atom. The summed E-state index contributed by atoms with van der Waals surface area (Å²) < 4.78 is 1.66. The van der Waals surface area contributed by atoms with Crippen LogP contribution in [0.5, 0.6) is 0 Å². The molecule has 3 heterocycles. The minimum absolute atomic E-state index is 0.104. The van der Waals surface area contributed by atoms with E-state index in [2.05, 4.69) is 25.3 Å². The van der Waals surface area contributed by atoms with Crippen molar-refractivity contribution in [3.63, 3.8) is 0 Å². The Kier molecular flexibility index (Phi) is 4.24. The van der Waals surface area contributed by atoms with Crippen LogP contribution < -0.4 is 10.9 Å². The standard InChI is InChI=1S/C22H19N7O/c1-13-8-9-17-16(10-13)22(30)29(15-6-4-3-5-7-15)21(28-17)14(2)27-20-18-19(24-11-23-18)25-12-26-20/h3-12,14H,1-2H3,(H2,23,24,25,26,27)/t14-/m0/s1. The van der Waals surface area contributed by atoms with Crippen LogP contribution in [0.1, 0.15) is 24.4 Å². The van der Waals surface area contributed by atoms with E-state index < -0.39 is 0 Å². The van der Waals surface area contributed by atoms with Crippen LogP contribution in [0.15, 0.2) is 66.0 Å². The van der Waals surface area contributed by atoms with Gasteiger partial charge in [0.2, 0.25) is 0 Å². The lowest BCUT2D eigenvalue weighted by Gasteiger charge is -2.20. The molecule has 0 saturated heterocycles. The lowest BCUT2D eigenvalue weighted by atomic mass is 10.1. The summed E-state index contributed by atoms with van der Waals surface area (Å²) in [5, 5.41) is 3.95. The van der Waals surface area contributed by atoms with E-state index in [-0.39, 0.29) is 11.6 Å². The molecule has 8 nitrogen and oxygen atoms in total. The molecule has 0 bridgehead atoms. The van der Waals surface area contributed by atoms with E-state index in [4.69, 9.17) is 4.98 Å². The summed E-state index contributed by atoms with van der Waals surface area (Å²) in [6.07, 6.45) is 3.03. The van der Waals surface area contributed by atoms with Crippen molar-refractivity contribution in [2.75, 3.05) is 5.32 Å². The molecular formula is C22H19N7O. The molecule has 0 saturated carbocycles. The van der Waals surface area contributed by atoms with Gasteiger partial charge in [0.15, 0.2) is 11.5 Å². The normalized spacial score (nSPS) is 12.3. The molecule has 30 heavy (non-hydrogen) atoms. The van der Waals surface area contributed by atoms with Crippen LogP contribution in [-0.2, 0) is 0 Å². The van der Waals surface area contributed by atoms with E-state index in [0.29, 0.717) is 33.7 Å².